The van der Waals surface area contributed by atoms with Gasteiger partial charge in [0, 0.05) is 20.0 Å². The van der Waals surface area contributed by atoms with Crippen LogP contribution in [0.15, 0.2) is 41.7 Å². The van der Waals surface area contributed by atoms with Gasteiger partial charge in [-0.15, -0.1) is 0 Å². The molecule has 1 aliphatic carbocycles. The lowest BCUT2D eigenvalue weighted by Crippen LogP contribution is -2.41. The van der Waals surface area contributed by atoms with Crippen LogP contribution in [0.4, 0.5) is 0 Å². The summed E-state index contributed by atoms with van der Waals surface area (Å²) in [6.45, 7) is -0.257. The predicted octanol–water partition coefficient (Wildman–Crippen LogP) is 2.26. The summed E-state index contributed by atoms with van der Waals surface area (Å²) < 4.78 is 5.86. The molecule has 2 aliphatic rings. The number of aliphatic hydroxyl groups excluding tert-OH is 1. The zero-order valence-electron chi connectivity index (χ0n) is 16.6. The van der Waals surface area contributed by atoms with Gasteiger partial charge in [-0.2, -0.15) is 0 Å². The van der Waals surface area contributed by atoms with Crippen LogP contribution in [0, 0.1) is 0 Å². The highest BCUT2D eigenvalue weighted by molar-refractivity contribution is 6.19. The zero-order chi connectivity index (χ0) is 21.2. The van der Waals surface area contributed by atoms with Crippen molar-refractivity contribution in [1.29, 1.82) is 0 Å². The maximum Gasteiger partial charge on any atom is 0.322 e. The summed E-state index contributed by atoms with van der Waals surface area (Å²) in [4.78, 5) is 34.5. The highest BCUT2D eigenvalue weighted by atomic mass is 16.5. The lowest BCUT2D eigenvalue weighted by molar-refractivity contribution is -0.138. The third kappa shape index (κ3) is 7.14. The smallest absolute Gasteiger partial charge is 0.322 e. The number of nitrogens with zero attached hydrogens (tertiary/aromatic N) is 1. The van der Waals surface area contributed by atoms with Crippen LogP contribution in [0.3, 0.4) is 0 Å². The minimum absolute atomic E-state index is 0.193. The number of carbonyl (C=O) groups is 3. The van der Waals surface area contributed by atoms with Crippen LogP contribution in [0.2, 0.25) is 0 Å². The number of benzene rings is 1. The number of carboxylic acids is 1. The zero-order valence-corrected chi connectivity index (χ0v) is 16.6. The maximum absolute atomic E-state index is 11.5. The van der Waals surface area contributed by atoms with Gasteiger partial charge >= 0.3 is 5.97 Å². The Morgan fingerprint density at radius 1 is 1.17 bits per heavy atom. The molecule has 1 aromatic carbocycles. The Morgan fingerprint density at radius 2 is 1.83 bits per heavy atom. The summed E-state index contributed by atoms with van der Waals surface area (Å²) in [5.41, 5.74) is -0.380. The van der Waals surface area contributed by atoms with Gasteiger partial charge in [-0.1, -0.05) is 24.6 Å². The van der Waals surface area contributed by atoms with Crippen LogP contribution in [0.25, 0.3) is 0 Å². The van der Waals surface area contributed by atoms with Gasteiger partial charge in [-0.3, -0.25) is 14.4 Å². The summed E-state index contributed by atoms with van der Waals surface area (Å²) in [5.74, 6) is -1.96. The first-order valence-corrected chi connectivity index (χ1v) is 9.77. The molecule has 1 heterocycles. The van der Waals surface area contributed by atoms with Gasteiger partial charge in [-0.25, -0.2) is 0 Å². The van der Waals surface area contributed by atoms with Crippen LogP contribution in [-0.4, -0.2) is 59.1 Å². The number of nitrogens with one attached hydrogen (secondary N) is 1. The van der Waals surface area contributed by atoms with Crippen LogP contribution < -0.4 is 10.1 Å². The van der Waals surface area contributed by atoms with E-state index in [4.69, 9.17) is 9.84 Å². The largest absolute Gasteiger partial charge is 0.511 e. The van der Waals surface area contributed by atoms with Gasteiger partial charge in [0.15, 0.2) is 0 Å². The average Bonchev–Trinajstić information content (AvgIpc) is 2.71. The molecule has 1 fully saturated rings. The van der Waals surface area contributed by atoms with E-state index in [0.29, 0.717) is 12.6 Å². The van der Waals surface area contributed by atoms with Gasteiger partial charge in [0.05, 0.1) is 6.10 Å². The van der Waals surface area contributed by atoms with Crippen LogP contribution >= 0.6 is 0 Å². The van der Waals surface area contributed by atoms with Crippen molar-refractivity contribution < 1.29 is 29.3 Å². The fourth-order valence-corrected chi connectivity index (χ4v) is 3.16. The molecular weight excluding hydrogens is 376 g/mol. The summed E-state index contributed by atoms with van der Waals surface area (Å²) in [7, 11) is 1.50. The van der Waals surface area contributed by atoms with Gasteiger partial charge in [0.1, 0.15) is 23.6 Å². The summed E-state index contributed by atoms with van der Waals surface area (Å²) in [6, 6.07) is 10.1. The molecular formula is C21H28N2O6. The number of ether oxygens (including phenoxy) is 1. The van der Waals surface area contributed by atoms with E-state index in [0.717, 1.165) is 5.75 Å². The normalized spacial score (nSPS) is 17.3. The Morgan fingerprint density at radius 3 is 2.45 bits per heavy atom. The van der Waals surface area contributed by atoms with Crippen molar-refractivity contribution in [1.82, 2.24) is 10.2 Å². The highest BCUT2D eigenvalue weighted by Gasteiger charge is 2.30. The number of carbonyl (C=O) groups excluding carboxylic acids is 2. The molecule has 2 amide bonds. The van der Waals surface area contributed by atoms with Crippen molar-refractivity contribution >= 4 is 17.8 Å². The molecule has 158 valence electrons. The standard InChI is InChI=1S/C12H16O.C9H12N2O5/c1-3-7-11(8-4-1)13-12-9-5-2-6-10-12;1-11-3-2-5(12)7(9(11)16)8(15)10-4-6(13)14/h1,3-4,7-8,12H,2,5-6,9-10H2;12H,2-4H2,1H3,(H,10,15)(H,13,14). The summed E-state index contributed by atoms with van der Waals surface area (Å²) in [5, 5.41) is 19.8. The number of hydrogen-bond acceptors (Lipinski definition) is 5. The molecule has 8 heteroatoms. The molecule has 1 saturated carbocycles. The fraction of sp³-hybridized carbons (Fsp3) is 0.476. The van der Waals surface area contributed by atoms with Crippen molar-refractivity contribution in [2.45, 2.75) is 44.6 Å². The van der Waals surface area contributed by atoms with Crippen molar-refractivity contribution in [2.24, 2.45) is 0 Å². The van der Waals surface area contributed by atoms with Crippen molar-refractivity contribution in [3.63, 3.8) is 0 Å². The van der Waals surface area contributed by atoms with Gasteiger partial charge in [-0.05, 0) is 37.8 Å². The molecule has 1 aromatic rings. The molecule has 8 nitrogen and oxygen atoms in total. The van der Waals surface area contributed by atoms with E-state index in [1.54, 1.807) is 0 Å². The third-order valence-electron chi connectivity index (χ3n) is 4.76. The van der Waals surface area contributed by atoms with Gasteiger partial charge in [0.2, 0.25) is 0 Å². The van der Waals surface area contributed by atoms with Crippen molar-refractivity contribution in [3.05, 3.63) is 41.7 Å². The lowest BCUT2D eigenvalue weighted by atomic mass is 9.98. The number of rotatable bonds is 5. The molecule has 3 rings (SSSR count). The Balaban J connectivity index is 0.000000211. The number of likely N-dealkylation sites (N-methyl/N-ethyl adjacent to an activating group) is 1. The van der Waals surface area contributed by atoms with Gasteiger partial charge < -0.3 is 25.2 Å². The molecule has 1 aliphatic heterocycles. The van der Waals surface area contributed by atoms with E-state index in [9.17, 15) is 19.5 Å². The molecule has 0 radical (unpaired) electrons. The number of aliphatic hydroxyl groups is 1. The van der Waals surface area contributed by atoms with E-state index in [2.05, 4.69) is 0 Å². The van der Waals surface area contributed by atoms with Crippen molar-refractivity contribution in [3.8, 4) is 5.75 Å². The summed E-state index contributed by atoms with van der Waals surface area (Å²) >= 11 is 0. The lowest BCUT2D eigenvalue weighted by Gasteiger charge is -2.23. The van der Waals surface area contributed by atoms with E-state index in [1.807, 2.05) is 35.6 Å². The van der Waals surface area contributed by atoms with Crippen LogP contribution in [0.5, 0.6) is 5.75 Å². The Bertz CT molecular complexity index is 741. The van der Waals surface area contributed by atoms with Gasteiger partial charge in [0.25, 0.3) is 11.8 Å². The minimum Gasteiger partial charge on any atom is -0.511 e. The summed E-state index contributed by atoms with van der Waals surface area (Å²) in [6.07, 6.45) is 7.17. The third-order valence-corrected chi connectivity index (χ3v) is 4.76. The quantitative estimate of drug-likeness (QED) is 0.648. The average molecular weight is 404 g/mol. The molecule has 3 N–H and O–H groups in total. The fourth-order valence-electron chi connectivity index (χ4n) is 3.16. The van der Waals surface area contributed by atoms with E-state index in [1.165, 1.54) is 44.1 Å². The maximum atomic E-state index is 11.5. The number of aliphatic carboxylic acids is 1. The SMILES string of the molecule is CN1CCC(O)=C(C(=O)NCC(=O)O)C1=O.c1ccc(OC2CCCCC2)cc1. The second-order valence-electron chi connectivity index (χ2n) is 7.07. The first kappa shape index (κ1) is 22.3. The predicted molar refractivity (Wildman–Crippen MR) is 106 cm³/mol. The van der Waals surface area contributed by atoms with Crippen LogP contribution in [0.1, 0.15) is 38.5 Å². The molecule has 29 heavy (non-hydrogen) atoms. The minimum atomic E-state index is -1.22. The molecule has 0 saturated heterocycles. The number of para-hydroxylation sites is 1. The Labute approximate surface area is 170 Å². The second kappa shape index (κ2) is 11.1. The Hall–Kier alpha value is -3.03. The molecule has 0 bridgehead atoms. The first-order chi connectivity index (χ1) is 13.9. The number of amides is 2. The van der Waals surface area contributed by atoms with E-state index >= 15 is 0 Å². The molecule has 0 atom stereocenters. The topological polar surface area (TPSA) is 116 Å². The Kier molecular flexibility index (Phi) is 8.51. The number of carboxylic acid groups (broad SMARTS) is 1. The molecule has 0 spiro atoms. The monoisotopic (exact) mass is 404 g/mol. The molecule has 0 aromatic heterocycles. The van der Waals surface area contributed by atoms with E-state index < -0.39 is 24.3 Å². The first-order valence-electron chi connectivity index (χ1n) is 9.77. The molecule has 0 unspecified atom stereocenters. The van der Waals surface area contributed by atoms with E-state index in [-0.39, 0.29) is 17.8 Å². The number of hydrogen-bond donors (Lipinski definition) is 3. The highest BCUT2D eigenvalue weighted by Crippen LogP contribution is 2.22. The van der Waals surface area contributed by atoms with Crippen LogP contribution in [-0.2, 0) is 14.4 Å². The van der Waals surface area contributed by atoms with Crippen molar-refractivity contribution in [2.75, 3.05) is 20.1 Å². The second-order valence-corrected chi connectivity index (χ2v) is 7.07.